The number of hydrogen-bond donors (Lipinski definition) is 2. The topological polar surface area (TPSA) is 40.8 Å². The standard InChI is InChI=1S/C21H21N3/c1-16-10-12-19(13-11-16)23-20(15-18-8-4-3-5-9-18)24-14-6-7-17(2)21(24)22/h3-15,22-23H,1-2H3/b20-15+,22-21?. The molecular formula is C21H21N3. The van der Waals surface area contributed by atoms with Crippen LogP contribution < -0.4 is 10.8 Å². The Balaban J connectivity index is 2.07. The third kappa shape index (κ3) is 3.63. The van der Waals surface area contributed by atoms with Gasteiger partial charge in [0.05, 0.1) is 0 Å². The molecule has 2 N–H and O–H groups in total. The molecule has 0 saturated carbocycles. The van der Waals surface area contributed by atoms with Crippen molar-refractivity contribution in [3.8, 4) is 0 Å². The fraction of sp³-hybridized carbons (Fsp3) is 0.0952. The van der Waals surface area contributed by atoms with Crippen LogP contribution in [0.2, 0.25) is 0 Å². The zero-order valence-electron chi connectivity index (χ0n) is 14.0. The fourth-order valence-electron chi connectivity index (χ4n) is 2.48. The van der Waals surface area contributed by atoms with Crippen LogP contribution in [0, 0.1) is 19.3 Å². The Morgan fingerprint density at radius 3 is 2.33 bits per heavy atom. The number of nitrogens with zero attached hydrogens (tertiary/aromatic N) is 1. The van der Waals surface area contributed by atoms with Gasteiger partial charge in [-0.05, 0) is 49.2 Å². The molecular weight excluding hydrogens is 294 g/mol. The van der Waals surface area contributed by atoms with Gasteiger partial charge in [0.2, 0.25) is 0 Å². The van der Waals surface area contributed by atoms with Gasteiger partial charge in [0, 0.05) is 11.9 Å². The van der Waals surface area contributed by atoms with Gasteiger partial charge in [-0.3, -0.25) is 9.98 Å². The SMILES string of the molecule is Cc1ccc(N/C(=C\c2ccccc2)n2cccc(C)c2=N)cc1. The lowest BCUT2D eigenvalue weighted by molar-refractivity contribution is 0.923. The normalized spacial score (nSPS) is 11.3. The maximum atomic E-state index is 8.37. The maximum absolute atomic E-state index is 8.37. The molecule has 3 rings (SSSR count). The van der Waals surface area contributed by atoms with Crippen LogP contribution in [-0.4, -0.2) is 4.57 Å². The van der Waals surface area contributed by atoms with E-state index < -0.39 is 0 Å². The summed E-state index contributed by atoms with van der Waals surface area (Å²) in [6.07, 6.45) is 3.96. The van der Waals surface area contributed by atoms with Crippen LogP contribution in [0.1, 0.15) is 16.7 Å². The predicted molar refractivity (Wildman–Crippen MR) is 100 cm³/mol. The summed E-state index contributed by atoms with van der Waals surface area (Å²) in [6.45, 7) is 4.02. The highest BCUT2D eigenvalue weighted by molar-refractivity contribution is 5.78. The molecule has 120 valence electrons. The number of anilines is 1. The first-order valence-electron chi connectivity index (χ1n) is 7.97. The second-order valence-corrected chi connectivity index (χ2v) is 5.84. The summed E-state index contributed by atoms with van der Waals surface area (Å²) in [5.74, 6) is 0.846. The molecule has 1 heterocycles. The Hall–Kier alpha value is -3.07. The Kier molecular flexibility index (Phi) is 4.62. The first-order chi connectivity index (χ1) is 11.6. The molecule has 0 bridgehead atoms. The van der Waals surface area contributed by atoms with Crippen LogP contribution in [0.25, 0.3) is 11.9 Å². The molecule has 0 radical (unpaired) electrons. The van der Waals surface area contributed by atoms with Crippen molar-refractivity contribution in [2.45, 2.75) is 13.8 Å². The summed E-state index contributed by atoms with van der Waals surface area (Å²) in [6, 6.07) is 22.3. The van der Waals surface area contributed by atoms with E-state index >= 15 is 0 Å². The number of pyridine rings is 1. The van der Waals surface area contributed by atoms with Crippen LogP contribution in [0.4, 0.5) is 5.69 Å². The number of benzene rings is 2. The average Bonchev–Trinajstić information content (AvgIpc) is 2.60. The minimum atomic E-state index is 0.472. The zero-order chi connectivity index (χ0) is 16.9. The predicted octanol–water partition coefficient (Wildman–Crippen LogP) is 4.65. The molecule has 0 spiro atoms. The summed E-state index contributed by atoms with van der Waals surface area (Å²) < 4.78 is 1.86. The molecule has 2 aromatic carbocycles. The lowest BCUT2D eigenvalue weighted by Crippen LogP contribution is -2.23. The number of aromatic nitrogens is 1. The van der Waals surface area contributed by atoms with E-state index in [9.17, 15) is 0 Å². The molecule has 3 heteroatoms. The van der Waals surface area contributed by atoms with Gasteiger partial charge in [0.1, 0.15) is 11.3 Å². The van der Waals surface area contributed by atoms with Crippen LogP contribution in [0.5, 0.6) is 0 Å². The first-order valence-corrected chi connectivity index (χ1v) is 7.97. The van der Waals surface area contributed by atoms with Crippen molar-refractivity contribution in [1.29, 1.82) is 5.41 Å². The second kappa shape index (κ2) is 7.01. The van der Waals surface area contributed by atoms with Gasteiger partial charge in [0.25, 0.3) is 0 Å². The van der Waals surface area contributed by atoms with Crippen molar-refractivity contribution in [2.75, 3.05) is 5.32 Å². The molecule has 0 atom stereocenters. The highest BCUT2D eigenvalue weighted by Crippen LogP contribution is 2.16. The summed E-state index contributed by atoms with van der Waals surface area (Å²) in [5, 5.41) is 11.8. The zero-order valence-corrected chi connectivity index (χ0v) is 14.0. The maximum Gasteiger partial charge on any atom is 0.133 e. The van der Waals surface area contributed by atoms with E-state index in [1.807, 2.05) is 60.2 Å². The number of hydrogen-bond acceptors (Lipinski definition) is 2. The largest absolute Gasteiger partial charge is 0.341 e. The van der Waals surface area contributed by atoms with Gasteiger partial charge in [-0.25, -0.2) is 0 Å². The van der Waals surface area contributed by atoms with E-state index in [2.05, 4.69) is 42.6 Å². The van der Waals surface area contributed by atoms with E-state index in [0.717, 1.165) is 22.6 Å². The third-order valence-corrected chi connectivity index (χ3v) is 3.88. The lowest BCUT2D eigenvalue weighted by atomic mass is 10.2. The van der Waals surface area contributed by atoms with Crippen molar-refractivity contribution in [3.63, 3.8) is 0 Å². The molecule has 0 amide bonds. The lowest BCUT2D eigenvalue weighted by Gasteiger charge is -2.16. The van der Waals surface area contributed by atoms with Crippen LogP contribution in [0.3, 0.4) is 0 Å². The van der Waals surface area contributed by atoms with Gasteiger partial charge in [-0.2, -0.15) is 0 Å². The summed E-state index contributed by atoms with van der Waals surface area (Å²) in [7, 11) is 0. The highest BCUT2D eigenvalue weighted by atomic mass is 15.1. The van der Waals surface area contributed by atoms with Gasteiger partial charge >= 0.3 is 0 Å². The van der Waals surface area contributed by atoms with E-state index in [1.54, 1.807) is 0 Å². The Morgan fingerprint density at radius 1 is 0.917 bits per heavy atom. The minimum Gasteiger partial charge on any atom is -0.341 e. The highest BCUT2D eigenvalue weighted by Gasteiger charge is 2.04. The Bertz CT molecular complexity index is 904. The molecule has 0 aliphatic carbocycles. The second-order valence-electron chi connectivity index (χ2n) is 5.84. The molecule has 0 fully saturated rings. The molecule has 0 aliphatic heterocycles. The fourth-order valence-corrected chi connectivity index (χ4v) is 2.48. The smallest absolute Gasteiger partial charge is 0.133 e. The van der Waals surface area contributed by atoms with Gasteiger partial charge < -0.3 is 5.32 Å². The van der Waals surface area contributed by atoms with E-state index in [-0.39, 0.29) is 0 Å². The molecule has 0 aliphatic rings. The molecule has 0 saturated heterocycles. The van der Waals surface area contributed by atoms with Crippen LogP contribution in [-0.2, 0) is 0 Å². The number of aryl methyl sites for hydroxylation is 2. The van der Waals surface area contributed by atoms with Crippen molar-refractivity contribution in [3.05, 3.63) is 95.1 Å². The van der Waals surface area contributed by atoms with Gasteiger partial charge in [0.15, 0.2) is 0 Å². The third-order valence-electron chi connectivity index (χ3n) is 3.88. The van der Waals surface area contributed by atoms with E-state index in [4.69, 9.17) is 5.41 Å². The van der Waals surface area contributed by atoms with Gasteiger partial charge in [-0.1, -0.05) is 54.1 Å². The summed E-state index contributed by atoms with van der Waals surface area (Å²) >= 11 is 0. The molecule has 3 nitrogen and oxygen atoms in total. The van der Waals surface area contributed by atoms with Crippen molar-refractivity contribution >= 4 is 17.6 Å². The molecule has 1 aromatic heterocycles. The number of rotatable bonds is 4. The summed E-state index contributed by atoms with van der Waals surface area (Å²) in [4.78, 5) is 0. The Labute approximate surface area is 142 Å². The average molecular weight is 315 g/mol. The molecule has 24 heavy (non-hydrogen) atoms. The van der Waals surface area contributed by atoms with Crippen LogP contribution in [0.15, 0.2) is 72.9 Å². The van der Waals surface area contributed by atoms with Crippen molar-refractivity contribution < 1.29 is 0 Å². The summed E-state index contributed by atoms with van der Waals surface area (Å²) in [5.41, 5.74) is 4.71. The minimum absolute atomic E-state index is 0.472. The number of nitrogens with one attached hydrogen (secondary N) is 2. The molecule has 0 unspecified atom stereocenters. The van der Waals surface area contributed by atoms with Crippen LogP contribution >= 0.6 is 0 Å². The first kappa shape index (κ1) is 15.8. The van der Waals surface area contributed by atoms with E-state index in [1.165, 1.54) is 5.56 Å². The monoisotopic (exact) mass is 315 g/mol. The van der Waals surface area contributed by atoms with Crippen molar-refractivity contribution in [1.82, 2.24) is 4.57 Å². The molecule has 3 aromatic rings. The van der Waals surface area contributed by atoms with Crippen molar-refractivity contribution in [2.24, 2.45) is 0 Å². The van der Waals surface area contributed by atoms with Gasteiger partial charge in [-0.15, -0.1) is 0 Å². The quantitative estimate of drug-likeness (QED) is 0.723. The van der Waals surface area contributed by atoms with E-state index in [0.29, 0.717) is 5.49 Å². The Morgan fingerprint density at radius 2 is 1.62 bits per heavy atom.